The van der Waals surface area contributed by atoms with E-state index >= 15 is 0 Å². The van der Waals surface area contributed by atoms with Crippen molar-refractivity contribution in [1.82, 2.24) is 10.3 Å². The van der Waals surface area contributed by atoms with E-state index in [9.17, 15) is 4.79 Å². The molecule has 5 heteroatoms. The summed E-state index contributed by atoms with van der Waals surface area (Å²) < 4.78 is 0. The number of pyridine rings is 1. The van der Waals surface area contributed by atoms with Crippen LogP contribution in [0.5, 0.6) is 0 Å². The molecule has 0 saturated carbocycles. The van der Waals surface area contributed by atoms with E-state index in [1.807, 2.05) is 18.2 Å². The molecule has 94 valence electrons. The second-order valence-corrected chi connectivity index (χ2v) is 4.47. The van der Waals surface area contributed by atoms with Crippen LogP contribution in [0.15, 0.2) is 30.3 Å². The van der Waals surface area contributed by atoms with Crippen LogP contribution < -0.4 is 5.32 Å². The molecule has 1 aromatic carbocycles. The van der Waals surface area contributed by atoms with Crippen molar-refractivity contribution in [1.29, 1.82) is 0 Å². The van der Waals surface area contributed by atoms with Gasteiger partial charge in [-0.15, -0.1) is 0 Å². The highest BCUT2D eigenvalue weighted by Gasteiger charge is 2.12. The molecule has 0 saturated heterocycles. The largest absolute Gasteiger partial charge is 0.394 e. The third-order valence-electron chi connectivity index (χ3n) is 2.55. The van der Waals surface area contributed by atoms with Crippen LogP contribution in [-0.2, 0) is 0 Å². The number of hydrogen-bond acceptors (Lipinski definition) is 3. The van der Waals surface area contributed by atoms with E-state index in [4.69, 9.17) is 16.7 Å². The lowest BCUT2D eigenvalue weighted by atomic mass is 10.2. The number of halogens is 1. The van der Waals surface area contributed by atoms with Crippen molar-refractivity contribution >= 4 is 28.4 Å². The fourth-order valence-electron chi connectivity index (χ4n) is 1.59. The maximum absolute atomic E-state index is 11.9. The molecule has 0 radical (unpaired) electrons. The number of aromatic nitrogens is 1. The molecule has 2 N–H and O–H groups in total. The summed E-state index contributed by atoms with van der Waals surface area (Å²) in [7, 11) is 0. The van der Waals surface area contributed by atoms with Gasteiger partial charge in [0, 0.05) is 11.4 Å². The molecule has 1 heterocycles. The van der Waals surface area contributed by atoms with Gasteiger partial charge in [-0.2, -0.15) is 0 Å². The van der Waals surface area contributed by atoms with Gasteiger partial charge in [-0.25, -0.2) is 4.98 Å². The first-order chi connectivity index (χ1) is 8.61. The summed E-state index contributed by atoms with van der Waals surface area (Å²) in [6.07, 6.45) is 0. The van der Waals surface area contributed by atoms with E-state index < -0.39 is 0 Å². The highest BCUT2D eigenvalue weighted by molar-refractivity contribution is 6.35. The van der Waals surface area contributed by atoms with E-state index in [0.717, 1.165) is 5.39 Å². The number of nitrogens with one attached hydrogen (secondary N) is 1. The first kappa shape index (κ1) is 12.8. The standard InChI is InChI=1S/C13H13ClN2O2/c1-8(7-17)15-13(18)12-6-10(14)9-4-2-3-5-11(9)16-12/h2-6,8,17H,7H2,1H3,(H,15,18). The van der Waals surface area contributed by atoms with Crippen molar-refractivity contribution in [2.24, 2.45) is 0 Å². The predicted octanol–water partition coefficient (Wildman–Crippen LogP) is 2.00. The number of nitrogens with zero attached hydrogens (tertiary/aromatic N) is 1. The number of fused-ring (bicyclic) bond motifs is 1. The first-order valence-corrected chi connectivity index (χ1v) is 5.96. The molecule has 0 bridgehead atoms. The second-order valence-electron chi connectivity index (χ2n) is 4.06. The van der Waals surface area contributed by atoms with Crippen LogP contribution in [0, 0.1) is 0 Å². The van der Waals surface area contributed by atoms with Gasteiger partial charge in [0.2, 0.25) is 0 Å². The molecular weight excluding hydrogens is 252 g/mol. The van der Waals surface area contributed by atoms with Gasteiger partial charge in [0.05, 0.1) is 17.1 Å². The molecule has 4 nitrogen and oxygen atoms in total. The van der Waals surface area contributed by atoms with Crippen LogP contribution >= 0.6 is 11.6 Å². The van der Waals surface area contributed by atoms with Gasteiger partial charge in [-0.3, -0.25) is 4.79 Å². The van der Waals surface area contributed by atoms with Gasteiger partial charge in [-0.05, 0) is 19.1 Å². The number of carbonyl (C=O) groups is 1. The molecule has 2 aromatic rings. The lowest BCUT2D eigenvalue weighted by Gasteiger charge is -2.11. The molecule has 0 aliphatic heterocycles. The summed E-state index contributed by atoms with van der Waals surface area (Å²) in [5, 5.41) is 12.8. The molecule has 2 rings (SSSR count). The zero-order chi connectivity index (χ0) is 13.1. The minimum atomic E-state index is -0.343. The molecule has 1 unspecified atom stereocenters. The minimum Gasteiger partial charge on any atom is -0.394 e. The molecule has 1 amide bonds. The Labute approximate surface area is 110 Å². The highest BCUT2D eigenvalue weighted by atomic mass is 35.5. The van der Waals surface area contributed by atoms with Crippen molar-refractivity contribution < 1.29 is 9.90 Å². The number of para-hydroxylation sites is 1. The summed E-state index contributed by atoms with van der Waals surface area (Å²) >= 11 is 6.11. The van der Waals surface area contributed by atoms with E-state index in [2.05, 4.69) is 10.3 Å². The van der Waals surface area contributed by atoms with E-state index in [-0.39, 0.29) is 24.2 Å². The molecule has 0 fully saturated rings. The number of rotatable bonds is 3. The fraction of sp³-hybridized carbons (Fsp3) is 0.231. The SMILES string of the molecule is CC(CO)NC(=O)c1cc(Cl)c2ccccc2n1. The van der Waals surface area contributed by atoms with Crippen LogP contribution in [0.3, 0.4) is 0 Å². The summed E-state index contributed by atoms with van der Waals surface area (Å²) in [6.45, 7) is 1.59. The second kappa shape index (κ2) is 5.33. The molecule has 0 aliphatic rings. The van der Waals surface area contributed by atoms with Gasteiger partial charge in [0.15, 0.2) is 0 Å². The van der Waals surface area contributed by atoms with Crippen molar-refractivity contribution in [3.8, 4) is 0 Å². The van der Waals surface area contributed by atoms with Crippen molar-refractivity contribution in [2.45, 2.75) is 13.0 Å². The van der Waals surface area contributed by atoms with Crippen LogP contribution in [0.1, 0.15) is 17.4 Å². The van der Waals surface area contributed by atoms with Crippen LogP contribution in [-0.4, -0.2) is 28.6 Å². The van der Waals surface area contributed by atoms with E-state index in [1.54, 1.807) is 13.0 Å². The Morgan fingerprint density at radius 2 is 2.22 bits per heavy atom. The zero-order valence-corrected chi connectivity index (χ0v) is 10.6. The van der Waals surface area contributed by atoms with Crippen LogP contribution in [0.2, 0.25) is 5.02 Å². The molecule has 0 spiro atoms. The average Bonchev–Trinajstić information content (AvgIpc) is 2.38. The zero-order valence-electron chi connectivity index (χ0n) is 9.85. The number of benzene rings is 1. The maximum Gasteiger partial charge on any atom is 0.270 e. The lowest BCUT2D eigenvalue weighted by molar-refractivity contribution is 0.0917. The van der Waals surface area contributed by atoms with Gasteiger partial charge < -0.3 is 10.4 Å². The molecular formula is C13H13ClN2O2. The number of aliphatic hydroxyl groups excluding tert-OH is 1. The molecule has 0 aliphatic carbocycles. The Morgan fingerprint density at radius 1 is 1.50 bits per heavy atom. The van der Waals surface area contributed by atoms with Gasteiger partial charge >= 0.3 is 0 Å². The Balaban J connectivity index is 2.37. The van der Waals surface area contributed by atoms with Gasteiger partial charge in [0.25, 0.3) is 5.91 Å². The fourth-order valence-corrected chi connectivity index (χ4v) is 1.86. The average molecular weight is 265 g/mol. The van der Waals surface area contributed by atoms with Crippen molar-refractivity contribution in [3.63, 3.8) is 0 Å². The Hall–Kier alpha value is -1.65. The number of hydrogen-bond donors (Lipinski definition) is 2. The predicted molar refractivity (Wildman–Crippen MR) is 70.8 cm³/mol. The third-order valence-corrected chi connectivity index (χ3v) is 2.86. The van der Waals surface area contributed by atoms with E-state index in [0.29, 0.717) is 10.5 Å². The number of aliphatic hydroxyl groups is 1. The Bertz CT molecular complexity index is 586. The smallest absolute Gasteiger partial charge is 0.270 e. The summed E-state index contributed by atoms with van der Waals surface area (Å²) in [5.74, 6) is -0.343. The summed E-state index contributed by atoms with van der Waals surface area (Å²) in [5.41, 5.74) is 0.922. The quantitative estimate of drug-likeness (QED) is 0.891. The van der Waals surface area contributed by atoms with Crippen molar-refractivity contribution in [3.05, 3.63) is 41.0 Å². The van der Waals surface area contributed by atoms with Crippen molar-refractivity contribution in [2.75, 3.05) is 6.61 Å². The topological polar surface area (TPSA) is 62.2 Å². The van der Waals surface area contributed by atoms with Gasteiger partial charge in [0.1, 0.15) is 5.69 Å². The maximum atomic E-state index is 11.9. The van der Waals surface area contributed by atoms with Crippen LogP contribution in [0.25, 0.3) is 10.9 Å². The lowest BCUT2D eigenvalue weighted by Crippen LogP contribution is -2.35. The first-order valence-electron chi connectivity index (χ1n) is 5.59. The summed E-state index contributed by atoms with van der Waals surface area (Å²) in [6, 6.07) is 8.57. The Morgan fingerprint density at radius 3 is 2.94 bits per heavy atom. The molecule has 1 atom stereocenters. The molecule has 18 heavy (non-hydrogen) atoms. The minimum absolute atomic E-state index is 0.118. The highest BCUT2D eigenvalue weighted by Crippen LogP contribution is 2.22. The van der Waals surface area contributed by atoms with E-state index in [1.165, 1.54) is 6.07 Å². The van der Waals surface area contributed by atoms with Gasteiger partial charge in [-0.1, -0.05) is 29.8 Å². The summed E-state index contributed by atoms with van der Waals surface area (Å²) in [4.78, 5) is 16.1. The molecule has 1 aromatic heterocycles. The number of amides is 1. The normalized spacial score (nSPS) is 12.4. The Kier molecular flexibility index (Phi) is 3.79. The monoisotopic (exact) mass is 264 g/mol. The third kappa shape index (κ3) is 2.60. The van der Waals surface area contributed by atoms with Crippen LogP contribution in [0.4, 0.5) is 0 Å². The number of carbonyl (C=O) groups excluding carboxylic acids is 1.